The first-order valence-electron chi connectivity index (χ1n) is 7.88. The fourth-order valence-electron chi connectivity index (χ4n) is 2.47. The molecule has 6 atom stereocenters. The van der Waals surface area contributed by atoms with E-state index in [1.807, 2.05) is 6.92 Å². The van der Waals surface area contributed by atoms with E-state index in [1.54, 1.807) is 6.92 Å². The number of unbranched alkanes of at least 4 members (excludes halogenated alkanes) is 1. The van der Waals surface area contributed by atoms with Crippen LogP contribution in [0.25, 0.3) is 10.4 Å². The van der Waals surface area contributed by atoms with Crippen LogP contribution in [-0.4, -0.2) is 59.3 Å². The van der Waals surface area contributed by atoms with Crippen LogP contribution in [0.1, 0.15) is 39.5 Å². The maximum atomic E-state index is 11.8. The first-order valence-corrected chi connectivity index (χ1v) is 7.88. The topological polar surface area (TPSA) is 151 Å². The van der Waals surface area contributed by atoms with Crippen LogP contribution in [0.2, 0.25) is 0 Å². The number of aliphatic hydroxyl groups is 2. The number of esters is 1. The van der Waals surface area contributed by atoms with Crippen molar-refractivity contribution in [3.8, 4) is 0 Å². The second-order valence-electron chi connectivity index (χ2n) is 5.82. The van der Waals surface area contributed by atoms with Crippen molar-refractivity contribution in [1.82, 2.24) is 0 Å². The van der Waals surface area contributed by atoms with Crippen molar-refractivity contribution in [3.63, 3.8) is 0 Å². The summed E-state index contributed by atoms with van der Waals surface area (Å²) in [6, 6.07) is -1.55. The van der Waals surface area contributed by atoms with E-state index in [0.717, 1.165) is 12.8 Å². The molecule has 4 N–H and O–H groups in total. The van der Waals surface area contributed by atoms with E-state index in [-0.39, 0.29) is 12.8 Å². The number of aliphatic hydroxyl groups excluding tert-OH is 2. The number of rotatable bonds is 9. The van der Waals surface area contributed by atoms with Crippen LogP contribution in [-0.2, 0) is 14.3 Å². The Morgan fingerprint density at radius 2 is 2.17 bits per heavy atom. The smallest absolute Gasteiger partial charge is 0.322 e. The number of nitrogens with zero attached hydrogens (tertiary/aromatic N) is 3. The highest BCUT2D eigenvalue weighted by Gasteiger charge is 2.41. The lowest BCUT2D eigenvalue weighted by Crippen LogP contribution is -2.38. The van der Waals surface area contributed by atoms with Crippen LogP contribution in [0.5, 0.6) is 0 Å². The maximum Gasteiger partial charge on any atom is 0.322 e. The highest BCUT2D eigenvalue weighted by atomic mass is 16.5. The molecule has 0 spiro atoms. The third-order valence-electron chi connectivity index (χ3n) is 3.89. The van der Waals surface area contributed by atoms with Gasteiger partial charge >= 0.3 is 5.97 Å². The van der Waals surface area contributed by atoms with E-state index < -0.39 is 42.5 Å². The average Bonchev–Trinajstić information content (AvgIpc) is 2.74. The zero-order valence-corrected chi connectivity index (χ0v) is 13.5. The molecule has 1 rings (SSSR count). The van der Waals surface area contributed by atoms with Gasteiger partial charge in [-0.05, 0) is 31.7 Å². The molecule has 0 aromatic heterocycles. The minimum atomic E-state index is -1.06. The number of carbonyl (C=O) groups is 1. The van der Waals surface area contributed by atoms with E-state index in [9.17, 15) is 15.0 Å². The molecular formula is C14H26N4O5. The highest BCUT2D eigenvalue weighted by Crippen LogP contribution is 2.26. The summed E-state index contributed by atoms with van der Waals surface area (Å²) in [7, 11) is 0. The van der Waals surface area contributed by atoms with Crippen molar-refractivity contribution in [2.75, 3.05) is 6.61 Å². The molecule has 1 heterocycles. The molecule has 0 aromatic rings. The largest absolute Gasteiger partial charge is 0.465 e. The third-order valence-corrected chi connectivity index (χ3v) is 3.89. The molecule has 0 radical (unpaired) electrons. The Kier molecular flexibility index (Phi) is 8.29. The third kappa shape index (κ3) is 5.96. The Bertz CT molecular complexity index is 429. The molecule has 0 aromatic carbocycles. The minimum Gasteiger partial charge on any atom is -0.465 e. The number of hydrogen-bond donors (Lipinski definition) is 3. The molecule has 4 unspecified atom stereocenters. The van der Waals surface area contributed by atoms with Gasteiger partial charge in [0.1, 0.15) is 18.2 Å². The summed E-state index contributed by atoms with van der Waals surface area (Å²) in [5.41, 5.74) is 14.4. The molecule has 9 heteroatoms. The summed E-state index contributed by atoms with van der Waals surface area (Å²) in [4.78, 5) is 14.5. The molecule has 1 aliphatic rings. The van der Waals surface area contributed by atoms with Gasteiger partial charge in [0.25, 0.3) is 0 Å². The SMILES string of the molecule is CCCCOC(=O)C(N)CC(C[C@H]1OC(C)[C@@H](O)C1O)N=[N+]=[N-]. The highest BCUT2D eigenvalue weighted by molar-refractivity contribution is 5.75. The molecule has 1 saturated heterocycles. The van der Waals surface area contributed by atoms with E-state index in [0.29, 0.717) is 6.61 Å². The minimum absolute atomic E-state index is 0.0894. The Morgan fingerprint density at radius 1 is 1.48 bits per heavy atom. The van der Waals surface area contributed by atoms with Crippen LogP contribution in [0.4, 0.5) is 0 Å². The predicted molar refractivity (Wildman–Crippen MR) is 82.4 cm³/mol. The van der Waals surface area contributed by atoms with Gasteiger partial charge in [-0.1, -0.05) is 18.5 Å². The van der Waals surface area contributed by atoms with Crippen molar-refractivity contribution < 1.29 is 24.5 Å². The van der Waals surface area contributed by atoms with Gasteiger partial charge in [-0.3, -0.25) is 4.79 Å². The van der Waals surface area contributed by atoms with Gasteiger partial charge < -0.3 is 25.4 Å². The van der Waals surface area contributed by atoms with Crippen LogP contribution in [0, 0.1) is 0 Å². The Balaban J connectivity index is 2.55. The van der Waals surface area contributed by atoms with Crippen molar-refractivity contribution in [1.29, 1.82) is 0 Å². The van der Waals surface area contributed by atoms with Crippen molar-refractivity contribution >= 4 is 5.97 Å². The number of carbonyl (C=O) groups excluding carboxylic acids is 1. The summed E-state index contributed by atoms with van der Waals surface area (Å²) in [6.07, 6.45) is -1.30. The summed E-state index contributed by atoms with van der Waals surface area (Å²) >= 11 is 0. The van der Waals surface area contributed by atoms with Crippen LogP contribution < -0.4 is 5.73 Å². The predicted octanol–water partition coefficient (Wildman–Crippen LogP) is 0.625. The zero-order chi connectivity index (χ0) is 17.4. The zero-order valence-electron chi connectivity index (χ0n) is 13.5. The van der Waals surface area contributed by atoms with Gasteiger partial charge in [-0.15, -0.1) is 0 Å². The number of ether oxygens (including phenoxy) is 2. The molecule has 23 heavy (non-hydrogen) atoms. The van der Waals surface area contributed by atoms with Gasteiger partial charge in [0, 0.05) is 11.0 Å². The van der Waals surface area contributed by atoms with Gasteiger partial charge in [-0.25, -0.2) is 0 Å². The first kappa shape index (κ1) is 19.7. The standard InChI is InChI=1S/C14H26N4O5/c1-3-4-5-22-14(21)10(15)6-9(17-18-16)7-11-13(20)12(19)8(2)23-11/h8-13,19-20H,3-7,15H2,1-2H3/t8?,9?,10?,11-,12-,13?/m1/s1. The molecular weight excluding hydrogens is 304 g/mol. The fraction of sp³-hybridized carbons (Fsp3) is 0.929. The van der Waals surface area contributed by atoms with Crippen molar-refractivity contribution in [2.45, 2.75) is 76.0 Å². The Morgan fingerprint density at radius 3 is 2.70 bits per heavy atom. The molecule has 0 amide bonds. The monoisotopic (exact) mass is 330 g/mol. The Hall–Kier alpha value is -1.38. The van der Waals surface area contributed by atoms with Crippen molar-refractivity contribution in [3.05, 3.63) is 10.4 Å². The quantitative estimate of drug-likeness (QED) is 0.185. The van der Waals surface area contributed by atoms with Gasteiger partial charge in [-0.2, -0.15) is 0 Å². The normalized spacial score (nSPS) is 29.6. The summed E-state index contributed by atoms with van der Waals surface area (Å²) in [6.45, 7) is 3.93. The van der Waals surface area contributed by atoms with Gasteiger partial charge in [0.15, 0.2) is 0 Å². The lowest BCUT2D eigenvalue weighted by atomic mass is 9.98. The lowest BCUT2D eigenvalue weighted by molar-refractivity contribution is -0.145. The van der Waals surface area contributed by atoms with Gasteiger partial charge in [0.2, 0.25) is 0 Å². The molecule has 0 bridgehead atoms. The molecule has 132 valence electrons. The first-order chi connectivity index (χ1) is 10.9. The summed E-state index contributed by atoms with van der Waals surface area (Å²) in [5, 5.41) is 23.2. The van der Waals surface area contributed by atoms with Crippen molar-refractivity contribution in [2.24, 2.45) is 10.8 Å². The Labute approximate surface area is 135 Å². The molecule has 0 aliphatic carbocycles. The van der Waals surface area contributed by atoms with E-state index in [4.69, 9.17) is 20.7 Å². The summed E-state index contributed by atoms with van der Waals surface area (Å²) in [5.74, 6) is -0.544. The number of nitrogens with two attached hydrogens (primary N) is 1. The van der Waals surface area contributed by atoms with Crippen LogP contribution in [0.15, 0.2) is 5.11 Å². The van der Waals surface area contributed by atoms with E-state index >= 15 is 0 Å². The molecule has 0 saturated carbocycles. The molecule has 9 nitrogen and oxygen atoms in total. The van der Waals surface area contributed by atoms with Crippen LogP contribution in [0.3, 0.4) is 0 Å². The second kappa shape index (κ2) is 9.69. The maximum absolute atomic E-state index is 11.8. The lowest BCUT2D eigenvalue weighted by Gasteiger charge is -2.21. The second-order valence-corrected chi connectivity index (χ2v) is 5.82. The van der Waals surface area contributed by atoms with Crippen LogP contribution >= 0.6 is 0 Å². The van der Waals surface area contributed by atoms with Gasteiger partial charge in [0.05, 0.1) is 18.8 Å². The summed E-state index contributed by atoms with van der Waals surface area (Å²) < 4.78 is 10.5. The molecule has 1 fully saturated rings. The fourth-order valence-corrected chi connectivity index (χ4v) is 2.47. The average molecular weight is 330 g/mol. The number of azide groups is 1. The number of hydrogen-bond acceptors (Lipinski definition) is 7. The van der Waals surface area contributed by atoms with E-state index in [1.165, 1.54) is 0 Å². The van der Waals surface area contributed by atoms with E-state index in [2.05, 4.69) is 10.0 Å². The molecule has 1 aliphatic heterocycles.